The van der Waals surface area contributed by atoms with Gasteiger partial charge < -0.3 is 25.0 Å². The maximum Gasteiger partial charge on any atom is 0.414 e. The van der Waals surface area contributed by atoms with Crippen molar-refractivity contribution in [1.29, 1.82) is 0 Å². The number of hydrogen-bond donors (Lipinski definition) is 3. The number of nitrogens with one attached hydrogen (secondary N) is 1. The second kappa shape index (κ2) is 10.7. The zero-order valence-corrected chi connectivity index (χ0v) is 14.0. The number of carboxylic acid groups (broad SMARTS) is 2. The largest absolute Gasteiger partial charge is 0.492 e. The first-order valence-corrected chi connectivity index (χ1v) is 7.51. The number of carbonyl (C=O) groups is 2. The summed E-state index contributed by atoms with van der Waals surface area (Å²) >= 11 is 0. The first kappa shape index (κ1) is 20.0. The third-order valence-electron chi connectivity index (χ3n) is 2.96. The summed E-state index contributed by atoms with van der Waals surface area (Å²) in [6, 6.07) is 17.7. The predicted molar refractivity (Wildman–Crippen MR) is 92.2 cm³/mol. The fourth-order valence-corrected chi connectivity index (χ4v) is 1.56. The van der Waals surface area contributed by atoms with E-state index in [4.69, 9.17) is 29.3 Å². The van der Waals surface area contributed by atoms with E-state index < -0.39 is 11.9 Å². The lowest BCUT2D eigenvalue weighted by molar-refractivity contribution is -0.159. The Bertz CT molecular complexity index is 662. The number of ether oxygens (including phenoxy) is 2. The molecule has 0 saturated carbocycles. The summed E-state index contributed by atoms with van der Waals surface area (Å²) in [5, 5.41) is 17.9. The van der Waals surface area contributed by atoms with Crippen LogP contribution in [0.2, 0.25) is 0 Å². The zero-order valence-electron chi connectivity index (χ0n) is 14.0. The molecule has 0 radical (unpaired) electrons. The van der Waals surface area contributed by atoms with Gasteiger partial charge in [-0.15, -0.1) is 0 Å². The van der Waals surface area contributed by atoms with Crippen LogP contribution in [0.5, 0.6) is 17.2 Å². The van der Waals surface area contributed by atoms with Gasteiger partial charge in [-0.1, -0.05) is 24.3 Å². The Labute approximate surface area is 145 Å². The number of carboxylic acids is 2. The van der Waals surface area contributed by atoms with Crippen LogP contribution >= 0.6 is 0 Å². The molecule has 0 aromatic heterocycles. The Hall–Kier alpha value is -3.06. The van der Waals surface area contributed by atoms with Gasteiger partial charge in [0.05, 0.1) is 0 Å². The Kier molecular flexibility index (Phi) is 8.53. The maximum absolute atomic E-state index is 9.10. The fraction of sp³-hybridized carbons (Fsp3) is 0.222. The summed E-state index contributed by atoms with van der Waals surface area (Å²) in [5.74, 6) is -1.23. The molecule has 0 aliphatic carbocycles. The summed E-state index contributed by atoms with van der Waals surface area (Å²) in [6.07, 6.45) is 0. The fourth-order valence-electron chi connectivity index (χ4n) is 1.56. The number of likely N-dealkylation sites (N-methyl/N-ethyl adjacent to an activating group) is 1. The first-order chi connectivity index (χ1) is 11.9. The molecule has 0 saturated heterocycles. The Balaban J connectivity index is 0.000000450. The van der Waals surface area contributed by atoms with Gasteiger partial charge in [-0.3, -0.25) is 0 Å². The number of hydrogen-bond acceptors (Lipinski definition) is 5. The van der Waals surface area contributed by atoms with Crippen molar-refractivity contribution in [1.82, 2.24) is 5.32 Å². The van der Waals surface area contributed by atoms with Crippen LogP contribution < -0.4 is 14.8 Å². The van der Waals surface area contributed by atoms with Gasteiger partial charge in [0.15, 0.2) is 0 Å². The summed E-state index contributed by atoms with van der Waals surface area (Å²) < 4.78 is 11.5. The molecular weight excluding hydrogens is 326 g/mol. The highest BCUT2D eigenvalue weighted by Gasteiger charge is 2.04. The molecule has 1 unspecified atom stereocenters. The van der Waals surface area contributed by atoms with E-state index in [1.165, 1.54) is 0 Å². The molecule has 2 rings (SSSR count). The van der Waals surface area contributed by atoms with Crippen LogP contribution in [-0.2, 0) is 9.59 Å². The van der Waals surface area contributed by atoms with Crippen molar-refractivity contribution in [3.8, 4) is 17.2 Å². The molecule has 2 aromatic carbocycles. The van der Waals surface area contributed by atoms with Gasteiger partial charge in [-0.05, 0) is 38.2 Å². The third kappa shape index (κ3) is 8.38. The van der Waals surface area contributed by atoms with E-state index >= 15 is 0 Å². The van der Waals surface area contributed by atoms with Crippen LogP contribution in [0.25, 0.3) is 0 Å². The van der Waals surface area contributed by atoms with Crippen molar-refractivity contribution in [2.45, 2.75) is 13.0 Å². The molecule has 0 bridgehead atoms. The highest BCUT2D eigenvalue weighted by molar-refractivity contribution is 6.27. The van der Waals surface area contributed by atoms with Crippen molar-refractivity contribution < 1.29 is 29.3 Å². The second-order valence-corrected chi connectivity index (χ2v) is 5.00. The van der Waals surface area contributed by atoms with Crippen molar-refractivity contribution >= 4 is 11.9 Å². The Morgan fingerprint density at radius 2 is 1.52 bits per heavy atom. The molecule has 0 aliphatic heterocycles. The molecular formula is C18H21NO6. The summed E-state index contributed by atoms with van der Waals surface area (Å²) in [5.41, 5.74) is 0. The molecule has 3 N–H and O–H groups in total. The molecule has 134 valence electrons. The lowest BCUT2D eigenvalue weighted by Crippen LogP contribution is -2.28. The minimum absolute atomic E-state index is 0.318. The minimum atomic E-state index is -1.82. The van der Waals surface area contributed by atoms with E-state index in [0.29, 0.717) is 12.6 Å². The molecule has 0 heterocycles. The van der Waals surface area contributed by atoms with Gasteiger partial charge in [-0.2, -0.15) is 0 Å². The van der Waals surface area contributed by atoms with Crippen LogP contribution in [0.1, 0.15) is 6.92 Å². The van der Waals surface area contributed by atoms with Gasteiger partial charge >= 0.3 is 11.9 Å². The number of rotatable bonds is 6. The summed E-state index contributed by atoms with van der Waals surface area (Å²) in [7, 11) is 1.92. The molecule has 25 heavy (non-hydrogen) atoms. The molecule has 7 nitrogen and oxygen atoms in total. The Morgan fingerprint density at radius 3 is 2.08 bits per heavy atom. The monoisotopic (exact) mass is 347 g/mol. The van der Waals surface area contributed by atoms with E-state index in [1.807, 2.05) is 61.6 Å². The second-order valence-electron chi connectivity index (χ2n) is 5.00. The van der Waals surface area contributed by atoms with Crippen LogP contribution in [-0.4, -0.2) is 41.8 Å². The van der Waals surface area contributed by atoms with Gasteiger partial charge in [0.1, 0.15) is 23.9 Å². The number of para-hydroxylation sites is 1. The van der Waals surface area contributed by atoms with Crippen molar-refractivity contribution in [3.05, 3.63) is 54.6 Å². The van der Waals surface area contributed by atoms with Gasteiger partial charge in [0.25, 0.3) is 0 Å². The minimum Gasteiger partial charge on any atom is -0.492 e. The SMILES string of the molecule is CNC(C)COc1cccc(Oc2ccccc2)c1.O=C(O)C(=O)O. The van der Waals surface area contributed by atoms with E-state index in [2.05, 4.69) is 12.2 Å². The third-order valence-corrected chi connectivity index (χ3v) is 2.96. The van der Waals surface area contributed by atoms with Crippen LogP contribution in [0.3, 0.4) is 0 Å². The van der Waals surface area contributed by atoms with E-state index in [0.717, 1.165) is 17.2 Å². The topological polar surface area (TPSA) is 105 Å². The van der Waals surface area contributed by atoms with Gasteiger partial charge in [-0.25, -0.2) is 9.59 Å². The zero-order chi connectivity index (χ0) is 18.7. The van der Waals surface area contributed by atoms with Crippen molar-refractivity contribution in [2.24, 2.45) is 0 Å². The maximum atomic E-state index is 9.10. The van der Waals surface area contributed by atoms with E-state index in [-0.39, 0.29) is 0 Å². The number of aliphatic carboxylic acids is 2. The smallest absolute Gasteiger partial charge is 0.414 e. The molecule has 0 fully saturated rings. The normalized spacial score (nSPS) is 10.8. The first-order valence-electron chi connectivity index (χ1n) is 7.51. The molecule has 1 atom stereocenters. The average molecular weight is 347 g/mol. The van der Waals surface area contributed by atoms with Crippen molar-refractivity contribution in [2.75, 3.05) is 13.7 Å². The van der Waals surface area contributed by atoms with Crippen molar-refractivity contribution in [3.63, 3.8) is 0 Å². The summed E-state index contributed by atoms with van der Waals surface area (Å²) in [6.45, 7) is 2.70. The average Bonchev–Trinajstić information content (AvgIpc) is 2.61. The quantitative estimate of drug-likeness (QED) is 0.690. The van der Waals surface area contributed by atoms with E-state index in [1.54, 1.807) is 0 Å². The lowest BCUT2D eigenvalue weighted by Gasteiger charge is -2.13. The Morgan fingerprint density at radius 1 is 0.960 bits per heavy atom. The van der Waals surface area contributed by atoms with Gasteiger partial charge in [0.2, 0.25) is 0 Å². The van der Waals surface area contributed by atoms with E-state index in [9.17, 15) is 0 Å². The lowest BCUT2D eigenvalue weighted by atomic mass is 10.3. The highest BCUT2D eigenvalue weighted by Crippen LogP contribution is 2.24. The standard InChI is InChI=1S/C16H19NO2.C2H2O4/c1-13(17-2)12-18-15-9-6-10-16(11-15)19-14-7-4-3-5-8-14;3-1(4)2(5)6/h3-11,13,17H,12H2,1-2H3;(H,3,4)(H,5,6). The molecule has 0 amide bonds. The molecule has 2 aromatic rings. The highest BCUT2D eigenvalue weighted by atomic mass is 16.5. The predicted octanol–water partition coefficient (Wildman–Crippen LogP) is 2.62. The van der Waals surface area contributed by atoms with Crippen LogP contribution in [0, 0.1) is 0 Å². The molecule has 0 spiro atoms. The van der Waals surface area contributed by atoms with Crippen LogP contribution in [0.15, 0.2) is 54.6 Å². The van der Waals surface area contributed by atoms with Gasteiger partial charge in [0, 0.05) is 12.1 Å². The molecule has 7 heteroatoms. The summed E-state index contributed by atoms with van der Waals surface area (Å²) in [4.78, 5) is 18.2. The van der Waals surface area contributed by atoms with Crippen LogP contribution in [0.4, 0.5) is 0 Å². The number of benzene rings is 2. The molecule has 0 aliphatic rings.